The van der Waals surface area contributed by atoms with Crippen LogP contribution in [-0.4, -0.2) is 5.97 Å². The first-order valence-electron chi connectivity index (χ1n) is 12.3. The second-order valence-corrected chi connectivity index (χ2v) is 11.7. The maximum absolute atomic E-state index is 12.8. The summed E-state index contributed by atoms with van der Waals surface area (Å²) in [6, 6.07) is 0. The Morgan fingerprint density at radius 2 is 1.90 bits per heavy atom. The fourth-order valence-corrected chi connectivity index (χ4v) is 7.99. The van der Waals surface area contributed by atoms with Crippen molar-refractivity contribution in [2.24, 2.45) is 46.3 Å². The number of esters is 1. The van der Waals surface area contributed by atoms with E-state index >= 15 is 0 Å². The quantitative estimate of drug-likeness (QED) is 0.454. The molecule has 0 N–H and O–H groups in total. The highest BCUT2D eigenvalue weighted by Crippen LogP contribution is 2.66. The lowest BCUT2D eigenvalue weighted by Crippen LogP contribution is -2.47. The van der Waals surface area contributed by atoms with Crippen molar-refractivity contribution in [1.29, 1.82) is 0 Å². The normalized spacial score (nSPS) is 42.4. The molecule has 0 aromatic rings. The van der Waals surface area contributed by atoms with E-state index in [0.717, 1.165) is 29.9 Å². The second-order valence-electron chi connectivity index (χ2n) is 11.7. The molecular formula is C27H42O2. The molecule has 0 aromatic carbocycles. The molecule has 3 fully saturated rings. The Bertz CT molecular complexity index is 689. The summed E-state index contributed by atoms with van der Waals surface area (Å²) < 4.78 is 5.91. The van der Waals surface area contributed by atoms with Gasteiger partial charge in [-0.25, -0.2) is 0 Å². The predicted molar refractivity (Wildman–Crippen MR) is 119 cm³/mol. The molecule has 0 radical (unpaired) electrons. The number of carbonyl (C=O) groups excluding carboxylic acids is 1. The zero-order valence-electron chi connectivity index (χ0n) is 19.4. The summed E-state index contributed by atoms with van der Waals surface area (Å²) in [5.74, 6) is 5.17. The standard InChI is InChI=1S/C27H42O2/c1-18(2)9-8-10-19(3)21-12-13-22-20-17-25(28)29-24-11-6-7-15-27(24,5)23(20)14-16-26(21,22)4/h6-7,11,18-23H,8-10,12-17H2,1-5H3/t19?,20-,21+,22-,23-,26+,27+/m0/s1. The fourth-order valence-electron chi connectivity index (χ4n) is 7.99. The molecule has 1 heterocycles. The van der Waals surface area contributed by atoms with Gasteiger partial charge in [0, 0.05) is 11.8 Å². The third-order valence-corrected chi connectivity index (χ3v) is 9.57. The minimum Gasteiger partial charge on any atom is -0.430 e. The van der Waals surface area contributed by atoms with Crippen LogP contribution in [0.3, 0.4) is 0 Å². The van der Waals surface area contributed by atoms with Gasteiger partial charge in [-0.15, -0.1) is 0 Å². The van der Waals surface area contributed by atoms with E-state index in [2.05, 4.69) is 52.8 Å². The van der Waals surface area contributed by atoms with E-state index in [1.807, 2.05) is 0 Å². The van der Waals surface area contributed by atoms with Gasteiger partial charge in [0.25, 0.3) is 0 Å². The van der Waals surface area contributed by atoms with Crippen LogP contribution < -0.4 is 0 Å². The van der Waals surface area contributed by atoms with Crippen molar-refractivity contribution in [2.45, 2.75) is 92.4 Å². The van der Waals surface area contributed by atoms with Gasteiger partial charge in [0.2, 0.25) is 0 Å². The number of carbonyl (C=O) groups is 1. The topological polar surface area (TPSA) is 26.3 Å². The van der Waals surface area contributed by atoms with Crippen molar-refractivity contribution in [3.05, 3.63) is 24.0 Å². The van der Waals surface area contributed by atoms with Gasteiger partial charge in [0.05, 0.1) is 0 Å². The molecule has 0 amide bonds. The lowest BCUT2D eigenvalue weighted by molar-refractivity contribution is -0.141. The van der Waals surface area contributed by atoms with E-state index in [9.17, 15) is 4.79 Å². The number of fused-ring (bicyclic) bond motifs is 5. The summed E-state index contributed by atoms with van der Waals surface area (Å²) in [4.78, 5) is 12.8. The largest absolute Gasteiger partial charge is 0.430 e. The molecule has 0 spiro atoms. The Morgan fingerprint density at radius 1 is 1.10 bits per heavy atom. The van der Waals surface area contributed by atoms with E-state index in [4.69, 9.17) is 4.74 Å². The van der Waals surface area contributed by atoms with Crippen molar-refractivity contribution in [2.75, 3.05) is 0 Å². The highest BCUT2D eigenvalue weighted by Gasteiger charge is 2.59. The van der Waals surface area contributed by atoms with Crippen molar-refractivity contribution in [1.82, 2.24) is 0 Å². The first kappa shape index (κ1) is 21.2. The van der Waals surface area contributed by atoms with Crippen LogP contribution >= 0.6 is 0 Å². The highest BCUT2D eigenvalue weighted by molar-refractivity contribution is 5.72. The van der Waals surface area contributed by atoms with Gasteiger partial charge in [-0.05, 0) is 79.1 Å². The number of ether oxygens (including phenoxy) is 1. The van der Waals surface area contributed by atoms with E-state index in [0.29, 0.717) is 29.6 Å². The Balaban J connectivity index is 1.55. The van der Waals surface area contributed by atoms with Gasteiger partial charge in [0.15, 0.2) is 0 Å². The molecule has 2 heteroatoms. The molecule has 2 saturated carbocycles. The average Bonchev–Trinajstić information content (AvgIpc) is 2.95. The number of hydrogen-bond donors (Lipinski definition) is 0. The van der Waals surface area contributed by atoms with Crippen molar-refractivity contribution < 1.29 is 9.53 Å². The summed E-state index contributed by atoms with van der Waals surface area (Å²) in [6.45, 7) is 12.1. The molecule has 1 saturated heterocycles. The fraction of sp³-hybridized carbons (Fsp3) is 0.815. The van der Waals surface area contributed by atoms with Crippen LogP contribution in [0.25, 0.3) is 0 Å². The van der Waals surface area contributed by atoms with Gasteiger partial charge in [0.1, 0.15) is 5.76 Å². The van der Waals surface area contributed by atoms with Crippen LogP contribution in [-0.2, 0) is 9.53 Å². The van der Waals surface area contributed by atoms with Crippen LogP contribution in [0.15, 0.2) is 24.0 Å². The Labute approximate surface area is 178 Å². The molecule has 162 valence electrons. The molecule has 0 bridgehead atoms. The first-order chi connectivity index (χ1) is 13.8. The highest BCUT2D eigenvalue weighted by atomic mass is 16.5. The average molecular weight is 399 g/mol. The SMILES string of the molecule is CC(C)CCCC(C)[C@H]1CC[C@H]2[C@@H]3CC(=O)OC4=CC=CC[C@]4(C)[C@H]3CC[C@]12C. The summed E-state index contributed by atoms with van der Waals surface area (Å²) in [5, 5.41) is 0. The van der Waals surface area contributed by atoms with E-state index < -0.39 is 0 Å². The maximum Gasteiger partial charge on any atom is 0.311 e. The van der Waals surface area contributed by atoms with E-state index in [1.165, 1.54) is 44.9 Å². The molecule has 4 rings (SSSR count). The lowest BCUT2D eigenvalue weighted by Gasteiger charge is -2.53. The molecule has 29 heavy (non-hydrogen) atoms. The number of allylic oxidation sites excluding steroid dienone is 4. The molecule has 1 aliphatic heterocycles. The van der Waals surface area contributed by atoms with E-state index in [1.54, 1.807) is 0 Å². The predicted octanol–water partition coefficient (Wildman–Crippen LogP) is 7.30. The second kappa shape index (κ2) is 7.89. The maximum atomic E-state index is 12.8. The molecule has 2 nitrogen and oxygen atoms in total. The number of rotatable bonds is 5. The Hall–Kier alpha value is -1.05. The van der Waals surface area contributed by atoms with Gasteiger partial charge >= 0.3 is 5.97 Å². The van der Waals surface area contributed by atoms with Crippen LogP contribution in [0.4, 0.5) is 0 Å². The lowest BCUT2D eigenvalue weighted by atomic mass is 9.51. The van der Waals surface area contributed by atoms with Crippen molar-refractivity contribution >= 4 is 5.97 Å². The molecular weight excluding hydrogens is 356 g/mol. The third kappa shape index (κ3) is 3.63. The van der Waals surface area contributed by atoms with Gasteiger partial charge in [-0.1, -0.05) is 66.0 Å². The smallest absolute Gasteiger partial charge is 0.311 e. The minimum atomic E-state index is 0.00781. The van der Waals surface area contributed by atoms with Gasteiger partial charge in [-0.3, -0.25) is 4.79 Å². The molecule has 3 aliphatic carbocycles. The van der Waals surface area contributed by atoms with Crippen molar-refractivity contribution in [3.63, 3.8) is 0 Å². The molecule has 1 unspecified atom stereocenters. The molecule has 7 atom stereocenters. The zero-order valence-corrected chi connectivity index (χ0v) is 19.4. The zero-order chi connectivity index (χ0) is 20.8. The van der Waals surface area contributed by atoms with Crippen LogP contribution in [0.5, 0.6) is 0 Å². The summed E-state index contributed by atoms with van der Waals surface area (Å²) in [7, 11) is 0. The third-order valence-electron chi connectivity index (χ3n) is 9.57. The Kier molecular flexibility index (Phi) is 5.77. The van der Waals surface area contributed by atoms with Gasteiger partial charge < -0.3 is 4.74 Å². The summed E-state index contributed by atoms with van der Waals surface area (Å²) in [5.41, 5.74) is 0.418. The summed E-state index contributed by atoms with van der Waals surface area (Å²) >= 11 is 0. The first-order valence-corrected chi connectivity index (χ1v) is 12.3. The molecule has 4 aliphatic rings. The summed E-state index contributed by atoms with van der Waals surface area (Å²) in [6.07, 6.45) is 17.4. The molecule has 0 aromatic heterocycles. The Morgan fingerprint density at radius 3 is 2.66 bits per heavy atom. The van der Waals surface area contributed by atoms with Crippen molar-refractivity contribution in [3.8, 4) is 0 Å². The van der Waals surface area contributed by atoms with Crippen LogP contribution in [0.1, 0.15) is 92.4 Å². The van der Waals surface area contributed by atoms with Crippen LogP contribution in [0.2, 0.25) is 0 Å². The monoisotopic (exact) mass is 398 g/mol. The van der Waals surface area contributed by atoms with E-state index in [-0.39, 0.29) is 11.4 Å². The van der Waals surface area contributed by atoms with Crippen LogP contribution in [0, 0.1) is 46.3 Å². The number of hydrogen-bond acceptors (Lipinski definition) is 2. The minimum absolute atomic E-state index is 0.00781. The van der Waals surface area contributed by atoms with Gasteiger partial charge in [-0.2, -0.15) is 0 Å².